The summed E-state index contributed by atoms with van der Waals surface area (Å²) in [6.45, 7) is 3.70. The van der Waals surface area contributed by atoms with E-state index < -0.39 is 0 Å². The van der Waals surface area contributed by atoms with Crippen molar-refractivity contribution in [1.82, 2.24) is 4.98 Å². The van der Waals surface area contributed by atoms with Gasteiger partial charge in [0.2, 0.25) is 0 Å². The molecule has 0 spiro atoms. The third-order valence-corrected chi connectivity index (χ3v) is 3.75. The molecular formula is C13H9NOS. The number of rotatable bonds is 1. The van der Waals surface area contributed by atoms with Crippen LogP contribution in [0.2, 0.25) is 0 Å². The Morgan fingerprint density at radius 1 is 1.31 bits per heavy atom. The quantitative estimate of drug-likeness (QED) is 0.686. The predicted octanol–water partition coefficient (Wildman–Crippen LogP) is 3.80. The van der Waals surface area contributed by atoms with E-state index in [4.69, 9.17) is 0 Å². The molecule has 0 bridgehead atoms. The molecule has 0 saturated carbocycles. The van der Waals surface area contributed by atoms with Crippen molar-refractivity contribution in [1.29, 1.82) is 0 Å². The minimum Gasteiger partial charge on any atom is -0.506 e. The summed E-state index contributed by atoms with van der Waals surface area (Å²) in [5.74, 6) is 0.291. The highest BCUT2D eigenvalue weighted by molar-refractivity contribution is 7.20. The van der Waals surface area contributed by atoms with Crippen LogP contribution in [0.15, 0.2) is 37.0 Å². The summed E-state index contributed by atoms with van der Waals surface area (Å²) in [4.78, 5) is 5.13. The summed E-state index contributed by atoms with van der Waals surface area (Å²) in [5, 5.41) is 12.0. The van der Waals surface area contributed by atoms with Crippen LogP contribution in [0.4, 0.5) is 0 Å². The van der Waals surface area contributed by atoms with Gasteiger partial charge in [-0.25, -0.2) is 0 Å². The zero-order chi connectivity index (χ0) is 11.1. The molecule has 1 aromatic carbocycles. The second-order valence-corrected chi connectivity index (χ2v) is 4.62. The van der Waals surface area contributed by atoms with E-state index in [1.165, 1.54) is 11.3 Å². The number of aromatic hydroxyl groups is 1. The first-order valence-electron chi connectivity index (χ1n) is 4.93. The van der Waals surface area contributed by atoms with Gasteiger partial charge in [-0.1, -0.05) is 18.7 Å². The van der Waals surface area contributed by atoms with Crippen LogP contribution >= 0.6 is 11.3 Å². The third-order valence-electron chi connectivity index (χ3n) is 2.61. The van der Waals surface area contributed by atoms with E-state index >= 15 is 0 Å². The van der Waals surface area contributed by atoms with Gasteiger partial charge in [0, 0.05) is 16.3 Å². The third kappa shape index (κ3) is 1.15. The standard InChI is InChI=1S/C13H9NOS/c1-2-9-13(15)11-10(16-9)6-5-8-4-3-7-14-12(8)11/h2-7,15H,1H2. The number of aromatic nitrogens is 1. The van der Waals surface area contributed by atoms with E-state index in [-0.39, 0.29) is 0 Å². The SMILES string of the molecule is C=Cc1sc2ccc3cccnc3c2c1O. The molecule has 3 rings (SSSR count). The molecule has 78 valence electrons. The molecule has 0 aliphatic rings. The molecule has 2 heterocycles. The molecule has 2 aromatic heterocycles. The second kappa shape index (κ2) is 3.32. The molecule has 3 aromatic rings. The lowest BCUT2D eigenvalue weighted by atomic mass is 10.1. The Labute approximate surface area is 96.5 Å². The fourth-order valence-corrected chi connectivity index (χ4v) is 2.82. The molecule has 16 heavy (non-hydrogen) atoms. The minimum absolute atomic E-state index is 0.291. The normalized spacial score (nSPS) is 11.0. The Kier molecular flexibility index (Phi) is 1.94. The molecule has 3 heteroatoms. The van der Waals surface area contributed by atoms with Gasteiger partial charge in [0.25, 0.3) is 0 Å². The maximum Gasteiger partial charge on any atom is 0.143 e. The van der Waals surface area contributed by atoms with E-state index in [1.54, 1.807) is 12.3 Å². The zero-order valence-electron chi connectivity index (χ0n) is 8.47. The van der Waals surface area contributed by atoms with Crippen LogP contribution < -0.4 is 0 Å². The molecule has 0 saturated heterocycles. The van der Waals surface area contributed by atoms with Crippen molar-refractivity contribution in [2.45, 2.75) is 0 Å². The fourth-order valence-electron chi connectivity index (χ4n) is 1.87. The number of pyridine rings is 1. The van der Waals surface area contributed by atoms with Gasteiger partial charge in [-0.05, 0) is 18.2 Å². The number of hydrogen-bond donors (Lipinski definition) is 1. The van der Waals surface area contributed by atoms with Gasteiger partial charge in [-0.3, -0.25) is 4.98 Å². The molecular weight excluding hydrogens is 218 g/mol. The average Bonchev–Trinajstić information content (AvgIpc) is 2.66. The monoisotopic (exact) mass is 227 g/mol. The Hall–Kier alpha value is -1.87. The highest BCUT2D eigenvalue weighted by Gasteiger charge is 2.12. The lowest BCUT2D eigenvalue weighted by Crippen LogP contribution is -1.77. The summed E-state index contributed by atoms with van der Waals surface area (Å²) in [5.41, 5.74) is 0.849. The van der Waals surface area contributed by atoms with Crippen molar-refractivity contribution in [3.63, 3.8) is 0 Å². The van der Waals surface area contributed by atoms with E-state index in [9.17, 15) is 5.11 Å². The van der Waals surface area contributed by atoms with E-state index in [2.05, 4.69) is 11.6 Å². The molecule has 0 radical (unpaired) electrons. The van der Waals surface area contributed by atoms with Crippen molar-refractivity contribution < 1.29 is 5.11 Å². The van der Waals surface area contributed by atoms with Crippen LogP contribution in [0.5, 0.6) is 5.75 Å². The lowest BCUT2D eigenvalue weighted by Gasteiger charge is -1.98. The van der Waals surface area contributed by atoms with Crippen LogP contribution in [-0.4, -0.2) is 10.1 Å². The summed E-state index contributed by atoms with van der Waals surface area (Å²) in [6.07, 6.45) is 3.42. The molecule has 0 aliphatic carbocycles. The fraction of sp³-hybridized carbons (Fsp3) is 0. The predicted molar refractivity (Wildman–Crippen MR) is 68.9 cm³/mol. The first-order chi connectivity index (χ1) is 7.81. The molecule has 0 amide bonds. The highest BCUT2D eigenvalue weighted by atomic mass is 32.1. The van der Waals surface area contributed by atoms with Gasteiger partial charge in [0.05, 0.1) is 15.8 Å². The number of benzene rings is 1. The molecule has 0 unspecified atom stereocenters. The Morgan fingerprint density at radius 3 is 3.00 bits per heavy atom. The van der Waals surface area contributed by atoms with Crippen molar-refractivity contribution in [2.75, 3.05) is 0 Å². The summed E-state index contributed by atoms with van der Waals surface area (Å²) >= 11 is 1.53. The molecule has 1 N–H and O–H groups in total. The molecule has 2 nitrogen and oxygen atoms in total. The van der Waals surface area contributed by atoms with E-state index in [1.807, 2.05) is 24.3 Å². The van der Waals surface area contributed by atoms with Crippen LogP contribution in [0.25, 0.3) is 27.1 Å². The van der Waals surface area contributed by atoms with Crippen molar-refractivity contribution >= 4 is 38.4 Å². The lowest BCUT2D eigenvalue weighted by molar-refractivity contribution is 0.483. The molecule has 0 atom stereocenters. The maximum absolute atomic E-state index is 10.1. The minimum atomic E-state index is 0.291. The average molecular weight is 227 g/mol. The van der Waals surface area contributed by atoms with Crippen LogP contribution in [-0.2, 0) is 0 Å². The molecule has 0 aliphatic heterocycles. The van der Waals surface area contributed by atoms with Crippen LogP contribution in [0.3, 0.4) is 0 Å². The number of thiophene rings is 1. The van der Waals surface area contributed by atoms with Gasteiger partial charge in [0.15, 0.2) is 0 Å². The van der Waals surface area contributed by atoms with Gasteiger partial charge < -0.3 is 5.11 Å². The van der Waals surface area contributed by atoms with E-state index in [0.717, 1.165) is 25.9 Å². The Morgan fingerprint density at radius 2 is 2.19 bits per heavy atom. The van der Waals surface area contributed by atoms with Crippen molar-refractivity contribution in [2.24, 2.45) is 0 Å². The topological polar surface area (TPSA) is 33.1 Å². The summed E-state index contributed by atoms with van der Waals surface area (Å²) in [6, 6.07) is 7.92. The second-order valence-electron chi connectivity index (χ2n) is 3.53. The first kappa shape index (κ1) is 9.36. The van der Waals surface area contributed by atoms with Gasteiger partial charge in [0.1, 0.15) is 5.75 Å². The van der Waals surface area contributed by atoms with Crippen LogP contribution in [0.1, 0.15) is 4.88 Å². The van der Waals surface area contributed by atoms with Gasteiger partial charge in [-0.2, -0.15) is 0 Å². The summed E-state index contributed by atoms with van der Waals surface area (Å²) in [7, 11) is 0. The Bertz CT molecular complexity index is 700. The van der Waals surface area contributed by atoms with Gasteiger partial charge >= 0.3 is 0 Å². The maximum atomic E-state index is 10.1. The number of fused-ring (bicyclic) bond motifs is 3. The highest BCUT2D eigenvalue weighted by Crippen LogP contribution is 2.40. The molecule has 0 fully saturated rings. The van der Waals surface area contributed by atoms with Crippen molar-refractivity contribution in [3.05, 3.63) is 41.9 Å². The first-order valence-corrected chi connectivity index (χ1v) is 5.74. The van der Waals surface area contributed by atoms with E-state index in [0.29, 0.717) is 5.75 Å². The van der Waals surface area contributed by atoms with Crippen molar-refractivity contribution in [3.8, 4) is 5.75 Å². The Balaban J connectivity index is 2.59. The van der Waals surface area contributed by atoms with Gasteiger partial charge in [-0.15, -0.1) is 11.3 Å². The largest absolute Gasteiger partial charge is 0.506 e. The smallest absolute Gasteiger partial charge is 0.143 e. The zero-order valence-corrected chi connectivity index (χ0v) is 9.29. The summed E-state index contributed by atoms with van der Waals surface area (Å²) < 4.78 is 1.04. The number of nitrogens with zero attached hydrogens (tertiary/aromatic N) is 1. The van der Waals surface area contributed by atoms with Crippen LogP contribution in [0, 0.1) is 0 Å². The number of hydrogen-bond acceptors (Lipinski definition) is 3.